The number of nitrogens with one attached hydrogen (secondary N) is 1. The Bertz CT molecular complexity index is 691. The van der Waals surface area contributed by atoms with Crippen molar-refractivity contribution in [1.29, 1.82) is 0 Å². The average Bonchev–Trinajstić information content (AvgIpc) is 2.45. The van der Waals surface area contributed by atoms with Gasteiger partial charge in [-0.25, -0.2) is 9.78 Å². The van der Waals surface area contributed by atoms with Crippen LogP contribution in [0.3, 0.4) is 0 Å². The quantitative estimate of drug-likeness (QED) is 0.845. The van der Waals surface area contributed by atoms with Crippen LogP contribution in [-0.4, -0.2) is 22.0 Å². The Balaban J connectivity index is 2.08. The molecule has 5 heteroatoms. The third-order valence-electron chi connectivity index (χ3n) is 2.72. The second-order valence-corrected chi connectivity index (χ2v) is 4.41. The molecule has 0 unspecified atom stereocenters. The second kappa shape index (κ2) is 6.47. The molecule has 0 saturated heterocycles. The highest BCUT2D eigenvalue weighted by Crippen LogP contribution is 2.10. The molecule has 1 aromatic heterocycles. The van der Waals surface area contributed by atoms with Gasteiger partial charge in [-0.05, 0) is 42.8 Å². The number of hydrogen-bond acceptors (Lipinski definition) is 3. The second-order valence-electron chi connectivity index (χ2n) is 4.41. The van der Waals surface area contributed by atoms with Crippen molar-refractivity contribution in [3.63, 3.8) is 0 Å². The Kier molecular flexibility index (Phi) is 4.46. The number of benzene rings is 1. The van der Waals surface area contributed by atoms with Gasteiger partial charge in [-0.1, -0.05) is 18.2 Å². The summed E-state index contributed by atoms with van der Waals surface area (Å²) in [6.45, 7) is 1.85. The molecule has 0 atom stereocenters. The van der Waals surface area contributed by atoms with Crippen LogP contribution in [0.1, 0.15) is 21.6 Å². The molecule has 0 aliphatic rings. The lowest BCUT2D eigenvalue weighted by Crippen LogP contribution is -2.13. The van der Waals surface area contributed by atoms with Crippen LogP contribution < -0.4 is 5.32 Å². The van der Waals surface area contributed by atoms with Crippen molar-refractivity contribution in [2.75, 3.05) is 5.32 Å². The molecule has 2 N–H and O–H groups in total. The number of aliphatic carboxylic acids is 1. The molecule has 106 valence electrons. The summed E-state index contributed by atoms with van der Waals surface area (Å²) < 4.78 is 0. The number of anilines is 1. The molecule has 2 aromatic rings. The Morgan fingerprint density at radius 1 is 1.14 bits per heavy atom. The highest BCUT2D eigenvalue weighted by atomic mass is 16.4. The van der Waals surface area contributed by atoms with Gasteiger partial charge in [-0.3, -0.25) is 4.79 Å². The molecule has 21 heavy (non-hydrogen) atoms. The van der Waals surface area contributed by atoms with Gasteiger partial charge in [0.15, 0.2) is 0 Å². The van der Waals surface area contributed by atoms with Crippen molar-refractivity contribution < 1.29 is 14.7 Å². The van der Waals surface area contributed by atoms with Crippen LogP contribution in [0.4, 0.5) is 5.82 Å². The van der Waals surface area contributed by atoms with Gasteiger partial charge >= 0.3 is 5.97 Å². The van der Waals surface area contributed by atoms with Crippen molar-refractivity contribution in [1.82, 2.24) is 4.98 Å². The third-order valence-corrected chi connectivity index (χ3v) is 2.72. The molecule has 0 aliphatic heterocycles. The van der Waals surface area contributed by atoms with Crippen molar-refractivity contribution >= 4 is 23.8 Å². The fourth-order valence-electron chi connectivity index (χ4n) is 1.71. The van der Waals surface area contributed by atoms with E-state index in [1.54, 1.807) is 30.3 Å². The molecule has 1 heterocycles. The standard InChI is InChI=1S/C16H14N2O3/c1-11-3-2-4-14(17-11)18-16(21)13-8-5-12(6-9-13)7-10-15(19)20/h2-10H,1H3,(H,19,20)(H,17,18,21). The topological polar surface area (TPSA) is 79.3 Å². The lowest BCUT2D eigenvalue weighted by atomic mass is 10.1. The Labute approximate surface area is 122 Å². The highest BCUT2D eigenvalue weighted by Gasteiger charge is 2.06. The molecule has 0 bridgehead atoms. The van der Waals surface area contributed by atoms with Crippen LogP contribution in [0.2, 0.25) is 0 Å². The first-order chi connectivity index (χ1) is 10.0. The fraction of sp³-hybridized carbons (Fsp3) is 0.0625. The first-order valence-electron chi connectivity index (χ1n) is 6.31. The number of carboxylic acids is 1. The smallest absolute Gasteiger partial charge is 0.328 e. The zero-order valence-corrected chi connectivity index (χ0v) is 11.4. The zero-order chi connectivity index (χ0) is 15.2. The number of carbonyl (C=O) groups is 2. The molecule has 0 saturated carbocycles. The van der Waals surface area contributed by atoms with Gasteiger partial charge in [-0.15, -0.1) is 0 Å². The molecule has 1 aromatic carbocycles. The minimum Gasteiger partial charge on any atom is -0.478 e. The number of rotatable bonds is 4. The summed E-state index contributed by atoms with van der Waals surface area (Å²) >= 11 is 0. The third kappa shape index (κ3) is 4.28. The molecule has 0 aliphatic carbocycles. The number of nitrogens with zero attached hydrogens (tertiary/aromatic N) is 1. The van der Waals surface area contributed by atoms with Gasteiger partial charge in [-0.2, -0.15) is 0 Å². The summed E-state index contributed by atoms with van der Waals surface area (Å²) in [5.41, 5.74) is 2.01. The van der Waals surface area contributed by atoms with Gasteiger partial charge in [0.1, 0.15) is 5.82 Å². The van der Waals surface area contributed by atoms with Crippen molar-refractivity contribution in [3.05, 3.63) is 65.4 Å². The SMILES string of the molecule is Cc1cccc(NC(=O)c2ccc(C=CC(=O)O)cc2)n1. The molecule has 0 spiro atoms. The number of aryl methyl sites for hydroxylation is 1. The number of aromatic nitrogens is 1. The Hall–Kier alpha value is -2.95. The summed E-state index contributed by atoms with van der Waals surface area (Å²) in [6, 6.07) is 12.0. The number of hydrogen-bond donors (Lipinski definition) is 2. The van der Waals surface area contributed by atoms with Crippen LogP contribution in [0.25, 0.3) is 6.08 Å². The van der Waals surface area contributed by atoms with E-state index in [2.05, 4.69) is 10.3 Å². The van der Waals surface area contributed by atoms with Crippen LogP contribution in [0.15, 0.2) is 48.5 Å². The molecular formula is C16H14N2O3. The monoisotopic (exact) mass is 282 g/mol. The van der Waals surface area contributed by atoms with Gasteiger partial charge in [0.2, 0.25) is 0 Å². The van der Waals surface area contributed by atoms with E-state index in [9.17, 15) is 9.59 Å². The van der Waals surface area contributed by atoms with E-state index >= 15 is 0 Å². The largest absolute Gasteiger partial charge is 0.478 e. The van der Waals surface area contributed by atoms with Crippen LogP contribution in [0.5, 0.6) is 0 Å². The van der Waals surface area contributed by atoms with Crippen molar-refractivity contribution in [2.24, 2.45) is 0 Å². The normalized spacial score (nSPS) is 10.5. The molecule has 1 amide bonds. The minimum absolute atomic E-state index is 0.262. The molecule has 2 rings (SSSR count). The first kappa shape index (κ1) is 14.5. The van der Waals surface area contributed by atoms with Crippen molar-refractivity contribution in [2.45, 2.75) is 6.92 Å². The van der Waals surface area contributed by atoms with Gasteiger partial charge < -0.3 is 10.4 Å². The number of amides is 1. The number of pyridine rings is 1. The van der Waals surface area contributed by atoms with E-state index in [0.29, 0.717) is 16.9 Å². The molecule has 5 nitrogen and oxygen atoms in total. The molecular weight excluding hydrogens is 268 g/mol. The molecule has 0 fully saturated rings. The zero-order valence-electron chi connectivity index (χ0n) is 11.4. The average molecular weight is 282 g/mol. The summed E-state index contributed by atoms with van der Waals surface area (Å²) in [5, 5.41) is 11.3. The van der Waals surface area contributed by atoms with Crippen LogP contribution >= 0.6 is 0 Å². The Morgan fingerprint density at radius 3 is 2.48 bits per heavy atom. The van der Waals surface area contributed by atoms with Crippen molar-refractivity contribution in [3.8, 4) is 0 Å². The summed E-state index contributed by atoms with van der Waals surface area (Å²) in [5.74, 6) is -0.779. The number of carbonyl (C=O) groups excluding carboxylic acids is 1. The first-order valence-corrected chi connectivity index (χ1v) is 6.31. The predicted octanol–water partition coefficient (Wildman–Crippen LogP) is 2.74. The summed E-state index contributed by atoms with van der Waals surface area (Å²) in [4.78, 5) is 26.7. The lowest BCUT2D eigenvalue weighted by Gasteiger charge is -2.05. The predicted molar refractivity (Wildman–Crippen MR) is 80.0 cm³/mol. The maximum atomic E-state index is 12.0. The van der Waals surface area contributed by atoms with Gasteiger partial charge in [0, 0.05) is 17.3 Å². The van der Waals surface area contributed by atoms with E-state index in [4.69, 9.17) is 5.11 Å². The summed E-state index contributed by atoms with van der Waals surface area (Å²) in [7, 11) is 0. The maximum Gasteiger partial charge on any atom is 0.328 e. The van der Waals surface area contributed by atoms with E-state index < -0.39 is 5.97 Å². The highest BCUT2D eigenvalue weighted by molar-refractivity contribution is 6.03. The van der Waals surface area contributed by atoms with Crippen LogP contribution in [0, 0.1) is 6.92 Å². The minimum atomic E-state index is -1.01. The fourth-order valence-corrected chi connectivity index (χ4v) is 1.71. The van der Waals surface area contributed by atoms with Gasteiger partial charge in [0.05, 0.1) is 0 Å². The van der Waals surface area contributed by atoms with E-state index in [1.165, 1.54) is 6.08 Å². The maximum absolute atomic E-state index is 12.0. The lowest BCUT2D eigenvalue weighted by molar-refractivity contribution is -0.131. The molecule has 0 radical (unpaired) electrons. The van der Waals surface area contributed by atoms with E-state index in [0.717, 1.165) is 11.8 Å². The summed E-state index contributed by atoms with van der Waals surface area (Å²) in [6.07, 6.45) is 2.51. The van der Waals surface area contributed by atoms with Crippen LogP contribution in [-0.2, 0) is 4.79 Å². The van der Waals surface area contributed by atoms with E-state index in [-0.39, 0.29) is 5.91 Å². The Morgan fingerprint density at radius 2 is 1.86 bits per heavy atom. The van der Waals surface area contributed by atoms with E-state index in [1.807, 2.05) is 19.1 Å². The number of carboxylic acid groups (broad SMARTS) is 1. The van der Waals surface area contributed by atoms with Gasteiger partial charge in [0.25, 0.3) is 5.91 Å².